The summed E-state index contributed by atoms with van der Waals surface area (Å²) in [6.45, 7) is 5.57. The van der Waals surface area contributed by atoms with E-state index in [-0.39, 0.29) is 6.10 Å². The van der Waals surface area contributed by atoms with Crippen LogP contribution in [0.2, 0.25) is 5.02 Å². The molecule has 1 N–H and O–H groups in total. The summed E-state index contributed by atoms with van der Waals surface area (Å²) < 4.78 is 5.78. The first-order chi connectivity index (χ1) is 10.1. The van der Waals surface area contributed by atoms with Crippen LogP contribution in [0, 0.1) is 6.92 Å². The number of morpholine rings is 1. The van der Waals surface area contributed by atoms with Crippen molar-refractivity contribution in [3.05, 3.63) is 35.0 Å². The van der Waals surface area contributed by atoms with E-state index in [1.807, 2.05) is 31.3 Å². The number of benzene rings is 1. The first-order valence-corrected chi connectivity index (χ1v) is 7.60. The van der Waals surface area contributed by atoms with Crippen LogP contribution in [0.4, 0.5) is 5.69 Å². The predicted octanol–water partition coefficient (Wildman–Crippen LogP) is 2.94. The Balaban J connectivity index is 1.80. The standard InChI is InChI=1S/C16H20ClN3O/c1-11-7-12(17)8-14-15(3-4-18-16(11)14)19-9-13-10-20(2)5-6-21-13/h3-4,7-8,13H,5-6,9-10H2,1-2H3,(H,18,19)/t13-/m0/s1. The van der Waals surface area contributed by atoms with Gasteiger partial charge in [0.2, 0.25) is 0 Å². The maximum atomic E-state index is 6.18. The molecule has 0 amide bonds. The topological polar surface area (TPSA) is 37.4 Å². The summed E-state index contributed by atoms with van der Waals surface area (Å²) in [6, 6.07) is 5.90. The molecule has 0 bridgehead atoms. The summed E-state index contributed by atoms with van der Waals surface area (Å²) in [7, 11) is 2.13. The number of fused-ring (bicyclic) bond motifs is 1. The Morgan fingerprint density at radius 1 is 1.48 bits per heavy atom. The number of aromatic nitrogens is 1. The Morgan fingerprint density at radius 3 is 3.14 bits per heavy atom. The van der Waals surface area contributed by atoms with Crippen molar-refractivity contribution in [1.29, 1.82) is 0 Å². The van der Waals surface area contributed by atoms with Crippen molar-refractivity contribution < 1.29 is 4.74 Å². The molecule has 1 aliphatic rings. The van der Waals surface area contributed by atoms with Crippen molar-refractivity contribution in [2.45, 2.75) is 13.0 Å². The first kappa shape index (κ1) is 14.6. The third kappa shape index (κ3) is 3.28. The lowest BCUT2D eigenvalue weighted by atomic mass is 10.1. The van der Waals surface area contributed by atoms with Gasteiger partial charge in [0.1, 0.15) is 0 Å². The highest BCUT2D eigenvalue weighted by Crippen LogP contribution is 2.27. The van der Waals surface area contributed by atoms with Gasteiger partial charge in [-0.2, -0.15) is 0 Å². The molecule has 0 saturated carbocycles. The molecule has 2 heterocycles. The van der Waals surface area contributed by atoms with Crippen molar-refractivity contribution in [1.82, 2.24) is 9.88 Å². The van der Waals surface area contributed by atoms with Crippen molar-refractivity contribution in [3.63, 3.8) is 0 Å². The summed E-state index contributed by atoms with van der Waals surface area (Å²) in [5, 5.41) is 5.28. The molecule has 21 heavy (non-hydrogen) atoms. The van der Waals surface area contributed by atoms with Gasteiger partial charge in [-0.3, -0.25) is 4.98 Å². The zero-order valence-corrected chi connectivity index (χ0v) is 13.2. The van der Waals surface area contributed by atoms with Crippen LogP contribution >= 0.6 is 11.6 Å². The molecule has 112 valence electrons. The van der Waals surface area contributed by atoms with Crippen LogP contribution in [-0.4, -0.2) is 49.3 Å². The van der Waals surface area contributed by atoms with E-state index in [4.69, 9.17) is 16.3 Å². The number of halogens is 1. The molecule has 1 aromatic heterocycles. The lowest BCUT2D eigenvalue weighted by Gasteiger charge is -2.30. The largest absolute Gasteiger partial charge is 0.382 e. The van der Waals surface area contributed by atoms with Crippen LogP contribution in [0.25, 0.3) is 10.9 Å². The minimum Gasteiger partial charge on any atom is -0.382 e. The second-order valence-electron chi connectivity index (χ2n) is 5.61. The van der Waals surface area contributed by atoms with E-state index < -0.39 is 0 Å². The van der Waals surface area contributed by atoms with Crippen LogP contribution in [0.1, 0.15) is 5.56 Å². The molecule has 0 spiro atoms. The van der Waals surface area contributed by atoms with Gasteiger partial charge in [0.25, 0.3) is 0 Å². The third-order valence-corrected chi connectivity index (χ3v) is 4.08. The van der Waals surface area contributed by atoms with Crippen LogP contribution in [0.5, 0.6) is 0 Å². The predicted molar refractivity (Wildman–Crippen MR) is 87.2 cm³/mol. The minimum atomic E-state index is 0.215. The molecule has 3 rings (SSSR count). The fraction of sp³-hybridized carbons (Fsp3) is 0.438. The van der Waals surface area contributed by atoms with E-state index in [0.717, 1.165) is 53.4 Å². The van der Waals surface area contributed by atoms with Crippen LogP contribution in [0.15, 0.2) is 24.4 Å². The van der Waals surface area contributed by atoms with Gasteiger partial charge < -0.3 is 15.0 Å². The van der Waals surface area contributed by atoms with E-state index >= 15 is 0 Å². The number of rotatable bonds is 3. The lowest BCUT2D eigenvalue weighted by molar-refractivity contribution is -0.0117. The quantitative estimate of drug-likeness (QED) is 0.946. The fourth-order valence-electron chi connectivity index (χ4n) is 2.76. The molecule has 2 aromatic rings. The number of nitrogens with zero attached hydrogens (tertiary/aromatic N) is 2. The fourth-order valence-corrected chi connectivity index (χ4v) is 3.03. The summed E-state index contributed by atoms with van der Waals surface area (Å²) in [5.74, 6) is 0. The van der Waals surface area contributed by atoms with Crippen molar-refractivity contribution >= 4 is 28.2 Å². The number of likely N-dealkylation sites (N-methyl/N-ethyl adjacent to an activating group) is 1. The van der Waals surface area contributed by atoms with Gasteiger partial charge in [-0.15, -0.1) is 0 Å². The highest BCUT2D eigenvalue weighted by molar-refractivity contribution is 6.31. The van der Waals surface area contributed by atoms with Gasteiger partial charge in [-0.25, -0.2) is 0 Å². The molecule has 0 aliphatic carbocycles. The van der Waals surface area contributed by atoms with E-state index in [1.165, 1.54) is 0 Å². The Morgan fingerprint density at radius 2 is 2.33 bits per heavy atom. The summed E-state index contributed by atoms with van der Waals surface area (Å²) in [4.78, 5) is 6.74. The second kappa shape index (κ2) is 6.18. The average Bonchev–Trinajstić information content (AvgIpc) is 2.45. The monoisotopic (exact) mass is 305 g/mol. The maximum Gasteiger partial charge on any atom is 0.0874 e. The van der Waals surface area contributed by atoms with Gasteiger partial charge >= 0.3 is 0 Å². The van der Waals surface area contributed by atoms with Crippen LogP contribution < -0.4 is 5.32 Å². The molecule has 1 atom stereocenters. The number of aryl methyl sites for hydroxylation is 1. The van der Waals surface area contributed by atoms with Crippen molar-refractivity contribution in [2.75, 3.05) is 38.6 Å². The van der Waals surface area contributed by atoms with E-state index in [2.05, 4.69) is 22.2 Å². The van der Waals surface area contributed by atoms with Gasteiger partial charge in [-0.1, -0.05) is 11.6 Å². The Bertz CT molecular complexity index is 647. The Kier molecular flexibility index (Phi) is 4.29. The lowest BCUT2D eigenvalue weighted by Crippen LogP contribution is -2.43. The van der Waals surface area contributed by atoms with E-state index in [1.54, 1.807) is 0 Å². The molecule has 0 unspecified atom stereocenters. The number of hydrogen-bond donors (Lipinski definition) is 1. The average molecular weight is 306 g/mol. The van der Waals surface area contributed by atoms with E-state index in [9.17, 15) is 0 Å². The summed E-state index contributed by atoms with van der Waals surface area (Å²) >= 11 is 6.18. The molecule has 5 heteroatoms. The van der Waals surface area contributed by atoms with Gasteiger partial charge in [0.15, 0.2) is 0 Å². The molecular formula is C16H20ClN3O. The zero-order valence-electron chi connectivity index (χ0n) is 12.4. The Labute approximate surface area is 130 Å². The first-order valence-electron chi connectivity index (χ1n) is 7.22. The molecule has 1 saturated heterocycles. The van der Waals surface area contributed by atoms with Gasteiger partial charge in [0, 0.05) is 41.9 Å². The molecule has 0 radical (unpaired) electrons. The maximum absolute atomic E-state index is 6.18. The Hall–Kier alpha value is -1.36. The van der Waals surface area contributed by atoms with Crippen LogP contribution in [0.3, 0.4) is 0 Å². The van der Waals surface area contributed by atoms with Crippen molar-refractivity contribution in [2.24, 2.45) is 0 Å². The number of hydrogen-bond acceptors (Lipinski definition) is 4. The van der Waals surface area contributed by atoms with Gasteiger partial charge in [0.05, 0.1) is 18.2 Å². The molecule has 4 nitrogen and oxygen atoms in total. The SMILES string of the molecule is Cc1cc(Cl)cc2c(NC[C@H]3CN(C)CCO3)ccnc12. The van der Waals surface area contributed by atoms with Gasteiger partial charge in [-0.05, 0) is 37.7 Å². The minimum absolute atomic E-state index is 0.215. The number of ether oxygens (including phenoxy) is 1. The summed E-state index contributed by atoms with van der Waals surface area (Å²) in [5.41, 5.74) is 3.14. The number of anilines is 1. The molecule has 1 fully saturated rings. The molecule has 1 aliphatic heterocycles. The highest BCUT2D eigenvalue weighted by Gasteiger charge is 2.17. The van der Waals surface area contributed by atoms with Crippen LogP contribution in [-0.2, 0) is 4.74 Å². The normalized spacial score (nSPS) is 19.9. The molecule has 1 aromatic carbocycles. The number of pyridine rings is 1. The molecular weight excluding hydrogens is 286 g/mol. The second-order valence-corrected chi connectivity index (χ2v) is 6.05. The third-order valence-electron chi connectivity index (χ3n) is 3.86. The smallest absolute Gasteiger partial charge is 0.0874 e. The highest BCUT2D eigenvalue weighted by atomic mass is 35.5. The van der Waals surface area contributed by atoms with E-state index in [0.29, 0.717) is 0 Å². The number of nitrogens with one attached hydrogen (secondary N) is 1. The summed E-state index contributed by atoms with van der Waals surface area (Å²) in [6.07, 6.45) is 2.05. The van der Waals surface area contributed by atoms with Crippen molar-refractivity contribution in [3.8, 4) is 0 Å². The zero-order chi connectivity index (χ0) is 14.8.